The Labute approximate surface area is 202 Å². The van der Waals surface area contributed by atoms with E-state index < -0.39 is 0 Å². The van der Waals surface area contributed by atoms with Crippen molar-refractivity contribution in [1.82, 2.24) is 24.6 Å². The number of Topliss-reactive ketones (excluding diaryl/α,β-unsaturated/α-hetero) is 1. The summed E-state index contributed by atoms with van der Waals surface area (Å²) in [6, 6.07) is 19.7. The Kier molecular flexibility index (Phi) is 6.31. The van der Waals surface area contributed by atoms with Crippen molar-refractivity contribution in [2.24, 2.45) is 0 Å². The molecule has 1 saturated heterocycles. The number of carbonyl (C=O) groups is 2. The van der Waals surface area contributed by atoms with E-state index in [0.29, 0.717) is 16.4 Å². The minimum Gasteiger partial charge on any atom is -0.356 e. The molecule has 1 aliphatic heterocycles. The van der Waals surface area contributed by atoms with Crippen LogP contribution < -0.4 is 0 Å². The van der Waals surface area contributed by atoms with E-state index in [2.05, 4.69) is 21.2 Å². The van der Waals surface area contributed by atoms with E-state index in [9.17, 15) is 9.59 Å². The lowest BCUT2D eigenvalue weighted by Gasteiger charge is -2.13. The lowest BCUT2D eigenvalue weighted by atomic mass is 10.1. The summed E-state index contributed by atoms with van der Waals surface area (Å²) in [6.45, 7) is 3.59. The Bertz CT molecular complexity index is 1320. The molecule has 1 N–H and O–H groups in total. The molecule has 0 spiro atoms. The van der Waals surface area contributed by atoms with Gasteiger partial charge in [0.05, 0.1) is 5.75 Å². The van der Waals surface area contributed by atoms with Gasteiger partial charge in [-0.25, -0.2) is 0 Å². The third-order valence-electron chi connectivity index (χ3n) is 5.89. The summed E-state index contributed by atoms with van der Waals surface area (Å²) in [5.41, 5.74) is 3.99. The zero-order chi connectivity index (χ0) is 23.5. The average molecular weight is 472 g/mol. The Balaban J connectivity index is 1.37. The number of hydrogen-bond donors (Lipinski definition) is 1. The smallest absolute Gasteiger partial charge is 0.270 e. The number of amides is 1. The summed E-state index contributed by atoms with van der Waals surface area (Å²) in [6.07, 6.45) is 3.68. The maximum atomic E-state index is 12.9. The normalized spacial score (nSPS) is 13.4. The molecule has 0 bridgehead atoms. The molecule has 7 nitrogen and oxygen atoms in total. The number of benzene rings is 2. The zero-order valence-electron chi connectivity index (χ0n) is 18.9. The van der Waals surface area contributed by atoms with Gasteiger partial charge in [0.2, 0.25) is 0 Å². The number of aromatic amines is 1. The molecule has 172 valence electrons. The summed E-state index contributed by atoms with van der Waals surface area (Å²) in [5, 5.41) is 9.49. The lowest BCUT2D eigenvalue weighted by molar-refractivity contribution is 0.0787. The van der Waals surface area contributed by atoms with Crippen LogP contribution in [-0.2, 0) is 0 Å². The molecule has 4 aromatic rings. The van der Waals surface area contributed by atoms with Gasteiger partial charge in [0.1, 0.15) is 5.69 Å². The number of nitrogens with one attached hydrogen (secondary N) is 1. The van der Waals surface area contributed by atoms with Crippen LogP contribution >= 0.6 is 11.8 Å². The number of nitrogens with zero attached hydrogens (tertiary/aromatic N) is 4. The van der Waals surface area contributed by atoms with Crippen LogP contribution in [0.15, 0.2) is 72.0 Å². The van der Waals surface area contributed by atoms with Gasteiger partial charge in [0.15, 0.2) is 16.8 Å². The third-order valence-corrected chi connectivity index (χ3v) is 6.81. The quantitative estimate of drug-likeness (QED) is 0.310. The van der Waals surface area contributed by atoms with Gasteiger partial charge in [-0.1, -0.05) is 53.7 Å². The van der Waals surface area contributed by atoms with Crippen molar-refractivity contribution in [1.29, 1.82) is 0 Å². The molecule has 0 unspecified atom stereocenters. The van der Waals surface area contributed by atoms with Crippen LogP contribution in [0.2, 0.25) is 0 Å². The Morgan fingerprint density at radius 1 is 1.00 bits per heavy atom. The second-order valence-corrected chi connectivity index (χ2v) is 9.30. The number of hydrogen-bond acceptors (Lipinski definition) is 5. The lowest BCUT2D eigenvalue weighted by Crippen LogP contribution is -2.27. The van der Waals surface area contributed by atoms with E-state index in [1.54, 1.807) is 12.3 Å². The fraction of sp³-hybridized carbons (Fsp3) is 0.231. The molecule has 1 aliphatic rings. The predicted octanol–water partition coefficient (Wildman–Crippen LogP) is 4.78. The van der Waals surface area contributed by atoms with E-state index in [1.165, 1.54) is 11.8 Å². The first-order valence-corrected chi connectivity index (χ1v) is 12.3. The first-order valence-electron chi connectivity index (χ1n) is 11.3. The first-order chi connectivity index (χ1) is 16.6. The molecule has 1 amide bonds. The van der Waals surface area contributed by atoms with E-state index in [0.717, 1.165) is 48.6 Å². The highest BCUT2D eigenvalue weighted by Gasteiger charge is 2.22. The predicted molar refractivity (Wildman–Crippen MR) is 133 cm³/mol. The van der Waals surface area contributed by atoms with Crippen molar-refractivity contribution in [2.45, 2.75) is 24.9 Å². The standard InChI is InChI=1S/C26H25N5O2S/c1-18-8-7-9-19(14-18)24-28-29-26(31(24)21-10-3-2-4-11-21)34-17-23(32)20-15-22(27-16-20)25(33)30-12-5-6-13-30/h2-4,7-11,14-16,27H,5-6,12-13,17H2,1H3. The molecule has 34 heavy (non-hydrogen) atoms. The third kappa shape index (κ3) is 4.54. The van der Waals surface area contributed by atoms with E-state index in [4.69, 9.17) is 0 Å². The second kappa shape index (κ2) is 9.69. The molecule has 8 heteroatoms. The first kappa shape index (κ1) is 22.2. The average Bonchev–Trinajstić information content (AvgIpc) is 3.63. The number of likely N-dealkylation sites (tertiary alicyclic amines) is 1. The summed E-state index contributed by atoms with van der Waals surface area (Å²) < 4.78 is 1.98. The number of H-pyrrole nitrogens is 1. The van der Waals surface area contributed by atoms with Crippen LogP contribution in [0.3, 0.4) is 0 Å². The molecular weight excluding hydrogens is 446 g/mol. The van der Waals surface area contributed by atoms with Gasteiger partial charge >= 0.3 is 0 Å². The molecule has 0 atom stereocenters. The molecule has 2 aromatic carbocycles. The maximum Gasteiger partial charge on any atom is 0.270 e. The van der Waals surface area contributed by atoms with Gasteiger partial charge in [-0.05, 0) is 44.0 Å². The molecule has 1 fully saturated rings. The highest BCUT2D eigenvalue weighted by molar-refractivity contribution is 7.99. The molecule has 2 aromatic heterocycles. The molecule has 0 radical (unpaired) electrons. The topological polar surface area (TPSA) is 83.9 Å². The Morgan fingerprint density at radius 3 is 2.56 bits per heavy atom. The number of aromatic nitrogens is 4. The van der Waals surface area contributed by atoms with Crippen LogP contribution in [-0.4, -0.2) is 55.2 Å². The van der Waals surface area contributed by atoms with E-state index in [1.807, 2.05) is 64.9 Å². The van der Waals surface area contributed by atoms with Crippen molar-refractivity contribution >= 4 is 23.5 Å². The van der Waals surface area contributed by atoms with Gasteiger partial charge < -0.3 is 9.88 Å². The molecule has 0 aliphatic carbocycles. The minimum atomic E-state index is -0.0681. The van der Waals surface area contributed by atoms with Gasteiger partial charge in [-0.2, -0.15) is 0 Å². The number of thioether (sulfide) groups is 1. The van der Waals surface area contributed by atoms with Gasteiger partial charge in [0, 0.05) is 36.1 Å². The van der Waals surface area contributed by atoms with Gasteiger partial charge in [0.25, 0.3) is 5.91 Å². The van der Waals surface area contributed by atoms with Crippen molar-refractivity contribution < 1.29 is 9.59 Å². The highest BCUT2D eigenvalue weighted by atomic mass is 32.2. The van der Waals surface area contributed by atoms with Crippen LogP contribution in [0, 0.1) is 6.92 Å². The highest BCUT2D eigenvalue weighted by Crippen LogP contribution is 2.29. The molecule has 3 heterocycles. The summed E-state index contributed by atoms with van der Waals surface area (Å²) in [5.74, 6) is 0.802. The minimum absolute atomic E-state index is 0.0455. The van der Waals surface area contributed by atoms with Gasteiger partial charge in [-0.3, -0.25) is 14.2 Å². The second-order valence-electron chi connectivity index (χ2n) is 8.36. The Hall–Kier alpha value is -3.65. The monoisotopic (exact) mass is 471 g/mol. The Morgan fingerprint density at radius 2 is 1.79 bits per heavy atom. The summed E-state index contributed by atoms with van der Waals surface area (Å²) in [7, 11) is 0. The van der Waals surface area contributed by atoms with Crippen molar-refractivity contribution in [2.75, 3.05) is 18.8 Å². The van der Waals surface area contributed by atoms with E-state index in [-0.39, 0.29) is 17.4 Å². The van der Waals surface area contributed by atoms with Gasteiger partial charge in [-0.15, -0.1) is 10.2 Å². The van der Waals surface area contributed by atoms with Crippen molar-refractivity contribution in [3.63, 3.8) is 0 Å². The van der Waals surface area contributed by atoms with Crippen LogP contribution in [0.5, 0.6) is 0 Å². The summed E-state index contributed by atoms with van der Waals surface area (Å²) >= 11 is 1.34. The number of aryl methyl sites for hydroxylation is 1. The molecule has 0 saturated carbocycles. The molecular formula is C26H25N5O2S. The largest absolute Gasteiger partial charge is 0.356 e. The van der Waals surface area contributed by atoms with Crippen molar-refractivity contribution in [3.8, 4) is 17.1 Å². The summed E-state index contributed by atoms with van der Waals surface area (Å²) in [4.78, 5) is 30.3. The number of ketones is 1. The number of para-hydroxylation sites is 1. The van der Waals surface area contributed by atoms with E-state index >= 15 is 0 Å². The number of rotatable bonds is 7. The number of carbonyl (C=O) groups excluding carboxylic acids is 2. The van der Waals surface area contributed by atoms with Crippen LogP contribution in [0.25, 0.3) is 17.1 Å². The SMILES string of the molecule is Cc1cccc(-c2nnc(SCC(=O)c3c[nH]c(C(=O)N4CCCC4)c3)n2-c2ccccc2)c1. The van der Waals surface area contributed by atoms with Crippen LogP contribution in [0.1, 0.15) is 39.3 Å². The fourth-order valence-electron chi connectivity index (χ4n) is 4.13. The molecule has 5 rings (SSSR count). The fourth-order valence-corrected chi connectivity index (χ4v) is 4.97. The van der Waals surface area contributed by atoms with Crippen molar-refractivity contribution in [3.05, 3.63) is 83.7 Å². The maximum absolute atomic E-state index is 12.9. The van der Waals surface area contributed by atoms with Crippen LogP contribution in [0.4, 0.5) is 0 Å². The zero-order valence-corrected chi connectivity index (χ0v) is 19.7.